The Morgan fingerprint density at radius 3 is 1.86 bits per heavy atom. The third-order valence-corrected chi connectivity index (χ3v) is 16.7. The third kappa shape index (κ3) is 9.53. The van der Waals surface area contributed by atoms with E-state index in [1.807, 2.05) is 6.20 Å². The number of aryl methyl sites for hydroxylation is 2. The Morgan fingerprint density at radius 1 is 0.577 bits per heavy atom. The molecule has 0 bridgehead atoms. The van der Waals surface area contributed by atoms with E-state index in [1.165, 1.54) is 47.9 Å². The van der Waals surface area contributed by atoms with Crippen molar-refractivity contribution in [1.29, 1.82) is 0 Å². The Kier molecular flexibility index (Phi) is 13.6. The molecule has 3 aromatic heterocycles. The maximum atomic E-state index is 12.8. The van der Waals surface area contributed by atoms with Gasteiger partial charge >= 0.3 is 0 Å². The summed E-state index contributed by atoms with van der Waals surface area (Å²) in [6.07, 6.45) is 6.98. The molecule has 1 aliphatic rings. The summed E-state index contributed by atoms with van der Waals surface area (Å²) in [7, 11) is 0. The number of benzene rings is 8. The van der Waals surface area contributed by atoms with Crippen LogP contribution in [0.1, 0.15) is 115 Å². The number of phenols is 1. The minimum atomic E-state index is -0.359. The molecule has 394 valence electrons. The number of rotatable bonds is 8. The van der Waals surface area contributed by atoms with Gasteiger partial charge in [0.1, 0.15) is 11.6 Å². The number of nitrogens with zero attached hydrogens (tertiary/aromatic N) is 4. The van der Waals surface area contributed by atoms with Gasteiger partial charge in [-0.1, -0.05) is 188 Å². The van der Waals surface area contributed by atoms with E-state index in [1.54, 1.807) is 0 Å². The van der Waals surface area contributed by atoms with Crippen LogP contribution < -0.4 is 0 Å². The molecular formula is C72H69N4OPt-. The van der Waals surface area contributed by atoms with Crippen LogP contribution in [-0.2, 0) is 31.9 Å². The van der Waals surface area contributed by atoms with Crippen LogP contribution >= 0.6 is 0 Å². The van der Waals surface area contributed by atoms with E-state index in [2.05, 4.69) is 254 Å². The van der Waals surface area contributed by atoms with Gasteiger partial charge in [0.05, 0.1) is 22.3 Å². The maximum absolute atomic E-state index is 12.8. The number of hydrogen-bond donors (Lipinski definition) is 1. The number of phenolic OH excluding ortho intramolecular Hbond substituents is 1. The predicted molar refractivity (Wildman–Crippen MR) is 323 cm³/mol. The molecule has 1 aliphatic carbocycles. The average molecular weight is 1200 g/mol. The normalized spacial score (nSPS) is 14.1. The summed E-state index contributed by atoms with van der Waals surface area (Å²) in [4.78, 5) is 10.9. The van der Waals surface area contributed by atoms with Crippen molar-refractivity contribution in [2.75, 3.05) is 0 Å². The zero-order valence-corrected chi connectivity index (χ0v) is 49.0. The fourth-order valence-corrected chi connectivity index (χ4v) is 12.2. The molecule has 0 spiro atoms. The van der Waals surface area contributed by atoms with Gasteiger partial charge in [-0.3, -0.25) is 9.55 Å². The van der Waals surface area contributed by atoms with E-state index in [-0.39, 0.29) is 37.6 Å². The number of aromatic nitrogens is 4. The van der Waals surface area contributed by atoms with Crippen molar-refractivity contribution in [3.8, 4) is 73.2 Å². The first-order valence-electron chi connectivity index (χ1n) is 27.6. The molecule has 0 aliphatic heterocycles. The Morgan fingerprint density at radius 2 is 1.19 bits per heavy atom. The van der Waals surface area contributed by atoms with Crippen LogP contribution in [0.5, 0.6) is 5.75 Å². The molecule has 3 heterocycles. The molecule has 1 N–H and O–H groups in total. The Balaban J connectivity index is 0.00000645. The van der Waals surface area contributed by atoms with E-state index in [0.29, 0.717) is 22.7 Å². The van der Waals surface area contributed by atoms with Gasteiger partial charge in [-0.25, -0.2) is 4.98 Å². The number of pyridine rings is 1. The Labute approximate surface area is 475 Å². The van der Waals surface area contributed by atoms with E-state index < -0.39 is 0 Å². The molecule has 78 heavy (non-hydrogen) atoms. The number of hydrogen-bond acceptors (Lipinski definition) is 3. The average Bonchev–Trinajstić information content (AvgIpc) is 4.15. The molecule has 11 aromatic rings. The molecule has 0 radical (unpaired) electrons. The molecule has 0 amide bonds. The van der Waals surface area contributed by atoms with Crippen LogP contribution in [0.2, 0.25) is 0 Å². The van der Waals surface area contributed by atoms with Crippen molar-refractivity contribution in [2.24, 2.45) is 5.41 Å². The van der Waals surface area contributed by atoms with Gasteiger partial charge in [0, 0.05) is 55.3 Å². The SMILES string of the molecule is Cc1cccc(C)c1-n1c2ccc(-c3cc(-c4ccc(C5CCC(C)(C)CC5)cc4)ccn3)[c-]c2c2c3nc(-c4cc(C(C)(C)C)cc(C(C)(C)C)c4O)n(-c4ccc(-c5ccccc5)cc4-c4ccccc4)c3ccc21.[Pt]. The first-order chi connectivity index (χ1) is 36.9. The van der Waals surface area contributed by atoms with Crippen molar-refractivity contribution >= 4 is 32.8 Å². The largest absolute Gasteiger partial charge is 0.507 e. The second-order valence-electron chi connectivity index (χ2n) is 24.7. The van der Waals surface area contributed by atoms with E-state index in [4.69, 9.17) is 9.97 Å². The molecule has 0 unspecified atom stereocenters. The molecule has 0 atom stereocenters. The smallest absolute Gasteiger partial charge is 0.148 e. The van der Waals surface area contributed by atoms with Gasteiger partial charge in [-0.15, -0.1) is 18.2 Å². The number of para-hydroxylation sites is 1. The molecule has 0 saturated heterocycles. The Hall–Kier alpha value is -7.33. The monoisotopic (exact) mass is 1200 g/mol. The van der Waals surface area contributed by atoms with Crippen LogP contribution in [0.3, 0.4) is 0 Å². The molecule has 12 rings (SSSR count). The summed E-state index contributed by atoms with van der Waals surface area (Å²) < 4.78 is 4.71. The Bertz CT molecular complexity index is 4030. The molecular weight excluding hydrogens is 1130 g/mol. The summed E-state index contributed by atoms with van der Waals surface area (Å²) in [5.74, 6) is 1.53. The zero-order chi connectivity index (χ0) is 53.5. The molecule has 1 fully saturated rings. The number of imidazole rings is 1. The second-order valence-corrected chi connectivity index (χ2v) is 24.7. The third-order valence-electron chi connectivity index (χ3n) is 16.7. The maximum Gasteiger partial charge on any atom is 0.148 e. The summed E-state index contributed by atoms with van der Waals surface area (Å²) >= 11 is 0. The minimum absolute atomic E-state index is 0. The molecule has 5 nitrogen and oxygen atoms in total. The van der Waals surface area contributed by atoms with Crippen molar-refractivity contribution in [1.82, 2.24) is 19.1 Å². The van der Waals surface area contributed by atoms with Crippen LogP contribution in [-0.4, -0.2) is 24.2 Å². The second kappa shape index (κ2) is 20.2. The first kappa shape index (κ1) is 52.7. The standard InChI is InChI=1S/C72H69N4O.Pt/c1-45-18-17-19-46(2)67(45)75-62-31-29-54(60-42-53(36-39-73-60)49-26-24-48(25-27-49)50-34-37-72(9,10)38-35-50)41-57(62)65-63(75)32-33-64-66(65)74-69(58-43-55(70(3,4)5)44-59(68(58)77)71(6,7)8)76(64)61-30-28-52(47-20-13-11-14-21-47)40-56(61)51-22-15-12-16-23-51;/h11-33,36,39-40,42-44,50,77H,34-35,37-38H2,1-10H3;/q-1;. The van der Waals surface area contributed by atoms with Crippen molar-refractivity contribution in [2.45, 2.75) is 112 Å². The number of fused-ring (bicyclic) bond motifs is 5. The summed E-state index contributed by atoms with van der Waals surface area (Å²) in [6, 6.07) is 65.4. The fraction of sp³-hybridized carbons (Fsp3) is 0.250. The van der Waals surface area contributed by atoms with Gasteiger partial charge in [0.15, 0.2) is 0 Å². The van der Waals surface area contributed by atoms with E-state index >= 15 is 0 Å². The molecule has 8 aromatic carbocycles. The minimum Gasteiger partial charge on any atom is -0.507 e. The predicted octanol–water partition coefficient (Wildman–Crippen LogP) is 19.3. The zero-order valence-electron chi connectivity index (χ0n) is 46.7. The van der Waals surface area contributed by atoms with Crippen LogP contribution in [0.25, 0.3) is 100 Å². The van der Waals surface area contributed by atoms with Crippen LogP contribution in [0.15, 0.2) is 176 Å². The van der Waals surface area contributed by atoms with Crippen molar-refractivity contribution < 1.29 is 26.2 Å². The van der Waals surface area contributed by atoms with Crippen molar-refractivity contribution in [3.05, 3.63) is 210 Å². The summed E-state index contributed by atoms with van der Waals surface area (Å²) in [5, 5.41) is 14.8. The van der Waals surface area contributed by atoms with Gasteiger partial charge in [-0.05, 0) is 159 Å². The topological polar surface area (TPSA) is 55.9 Å². The first-order valence-corrected chi connectivity index (χ1v) is 27.6. The van der Waals surface area contributed by atoms with Gasteiger partial charge in [0.25, 0.3) is 0 Å². The van der Waals surface area contributed by atoms with Crippen LogP contribution in [0, 0.1) is 25.3 Å². The van der Waals surface area contributed by atoms with E-state index in [0.717, 1.165) is 94.4 Å². The molecule has 6 heteroatoms. The van der Waals surface area contributed by atoms with Gasteiger partial charge in [-0.2, -0.15) is 0 Å². The van der Waals surface area contributed by atoms with Gasteiger partial charge < -0.3 is 9.67 Å². The van der Waals surface area contributed by atoms with Gasteiger partial charge in [0.2, 0.25) is 0 Å². The number of aromatic hydroxyl groups is 1. The quantitative estimate of drug-likeness (QED) is 0.154. The summed E-state index contributed by atoms with van der Waals surface area (Å²) in [6.45, 7) is 22.5. The van der Waals surface area contributed by atoms with Crippen LogP contribution in [0.4, 0.5) is 0 Å². The van der Waals surface area contributed by atoms with E-state index in [9.17, 15) is 5.11 Å². The fourth-order valence-electron chi connectivity index (χ4n) is 12.2. The summed E-state index contributed by atoms with van der Waals surface area (Å²) in [5.41, 5.74) is 20.8. The molecule has 1 saturated carbocycles. The van der Waals surface area contributed by atoms with Crippen molar-refractivity contribution in [3.63, 3.8) is 0 Å².